The highest BCUT2D eigenvalue weighted by atomic mass is 79.9. The van der Waals surface area contributed by atoms with Gasteiger partial charge in [-0.2, -0.15) is 0 Å². The molecule has 0 saturated heterocycles. The number of nitrogens with one attached hydrogen (secondary N) is 1. The molecule has 0 amide bonds. The zero-order valence-electron chi connectivity index (χ0n) is 9.47. The van der Waals surface area contributed by atoms with E-state index in [2.05, 4.69) is 34.2 Å². The number of hydrogen-bond donors (Lipinski definition) is 1. The predicted octanol–water partition coefficient (Wildman–Crippen LogP) is 5.09. The van der Waals surface area contributed by atoms with Crippen molar-refractivity contribution in [2.24, 2.45) is 5.92 Å². The second-order valence-electron chi connectivity index (χ2n) is 4.58. The van der Waals surface area contributed by atoms with Gasteiger partial charge >= 0.3 is 0 Å². The van der Waals surface area contributed by atoms with Gasteiger partial charge in [-0.3, -0.25) is 0 Å². The summed E-state index contributed by atoms with van der Waals surface area (Å²) >= 11 is 9.59. The molecule has 88 valence electrons. The first-order chi connectivity index (χ1) is 7.68. The molecule has 1 N–H and O–H groups in total. The summed E-state index contributed by atoms with van der Waals surface area (Å²) in [6.07, 6.45) is 5.47. The van der Waals surface area contributed by atoms with E-state index < -0.39 is 0 Å². The van der Waals surface area contributed by atoms with E-state index in [0.29, 0.717) is 6.04 Å². The molecule has 1 aromatic carbocycles. The Morgan fingerprint density at radius 2 is 2.06 bits per heavy atom. The first-order valence-corrected chi connectivity index (χ1v) is 7.06. The van der Waals surface area contributed by atoms with E-state index in [1.54, 1.807) is 0 Å². The molecule has 0 heterocycles. The molecule has 0 aromatic heterocycles. The van der Waals surface area contributed by atoms with E-state index in [4.69, 9.17) is 11.6 Å². The summed E-state index contributed by atoms with van der Waals surface area (Å²) in [7, 11) is 0. The maximum atomic E-state index is 6.07. The highest BCUT2D eigenvalue weighted by Gasteiger charge is 2.21. The van der Waals surface area contributed by atoms with Gasteiger partial charge in [-0.1, -0.05) is 30.5 Å². The van der Waals surface area contributed by atoms with Crippen LogP contribution in [-0.2, 0) is 0 Å². The SMILES string of the molecule is CC(Nc1cccc(Cl)c1Br)C1CCCC1. The molecule has 0 aliphatic heterocycles. The van der Waals surface area contributed by atoms with Crippen molar-refractivity contribution < 1.29 is 0 Å². The van der Waals surface area contributed by atoms with Crippen LogP contribution < -0.4 is 5.32 Å². The van der Waals surface area contributed by atoms with E-state index in [1.165, 1.54) is 25.7 Å². The Kier molecular flexibility index (Phi) is 4.15. The minimum absolute atomic E-state index is 0.525. The maximum absolute atomic E-state index is 6.07. The number of hydrogen-bond acceptors (Lipinski definition) is 1. The van der Waals surface area contributed by atoms with E-state index >= 15 is 0 Å². The Labute approximate surface area is 111 Å². The molecule has 1 saturated carbocycles. The van der Waals surface area contributed by atoms with Crippen LogP contribution >= 0.6 is 27.5 Å². The lowest BCUT2D eigenvalue weighted by Gasteiger charge is -2.22. The highest BCUT2D eigenvalue weighted by molar-refractivity contribution is 9.10. The van der Waals surface area contributed by atoms with Gasteiger partial charge in [0.25, 0.3) is 0 Å². The monoisotopic (exact) mass is 301 g/mol. The third kappa shape index (κ3) is 2.72. The van der Waals surface area contributed by atoms with Gasteiger partial charge in [0.1, 0.15) is 0 Å². The molecule has 2 rings (SSSR count). The summed E-state index contributed by atoms with van der Waals surface area (Å²) in [4.78, 5) is 0. The van der Waals surface area contributed by atoms with Crippen LogP contribution in [0.15, 0.2) is 22.7 Å². The molecule has 0 bridgehead atoms. The smallest absolute Gasteiger partial charge is 0.0593 e. The summed E-state index contributed by atoms with van der Waals surface area (Å²) in [5, 5.41) is 4.33. The summed E-state index contributed by atoms with van der Waals surface area (Å²) in [5.41, 5.74) is 1.10. The standard InChI is InChI=1S/C13H17BrClN/c1-9(10-5-2-3-6-10)16-12-8-4-7-11(15)13(12)14/h4,7-10,16H,2-3,5-6H2,1H3. The first-order valence-electron chi connectivity index (χ1n) is 5.89. The summed E-state index contributed by atoms with van der Waals surface area (Å²) < 4.78 is 0.974. The van der Waals surface area contributed by atoms with Crippen LogP contribution in [0.4, 0.5) is 5.69 Å². The molecule has 16 heavy (non-hydrogen) atoms. The van der Waals surface area contributed by atoms with Crippen LogP contribution in [-0.4, -0.2) is 6.04 Å². The molecule has 0 spiro atoms. The van der Waals surface area contributed by atoms with Crippen LogP contribution in [0, 0.1) is 5.92 Å². The molecule has 3 heteroatoms. The maximum Gasteiger partial charge on any atom is 0.0593 e. The third-order valence-corrected chi connectivity index (χ3v) is 4.84. The summed E-state index contributed by atoms with van der Waals surface area (Å²) in [5.74, 6) is 0.811. The van der Waals surface area contributed by atoms with Crippen molar-refractivity contribution in [2.45, 2.75) is 38.6 Å². The van der Waals surface area contributed by atoms with E-state index in [-0.39, 0.29) is 0 Å². The quantitative estimate of drug-likeness (QED) is 0.819. The molecule has 1 aromatic rings. The lowest BCUT2D eigenvalue weighted by Crippen LogP contribution is -2.23. The molecule has 1 unspecified atom stereocenters. The molecule has 1 aliphatic carbocycles. The van der Waals surface area contributed by atoms with Crippen molar-refractivity contribution in [3.8, 4) is 0 Å². The van der Waals surface area contributed by atoms with Crippen LogP contribution in [0.1, 0.15) is 32.6 Å². The van der Waals surface area contributed by atoms with Crippen molar-refractivity contribution in [3.05, 3.63) is 27.7 Å². The van der Waals surface area contributed by atoms with Crippen molar-refractivity contribution in [1.82, 2.24) is 0 Å². The van der Waals surface area contributed by atoms with Gasteiger partial charge in [0, 0.05) is 6.04 Å². The predicted molar refractivity (Wildman–Crippen MR) is 74.2 cm³/mol. The largest absolute Gasteiger partial charge is 0.381 e. The van der Waals surface area contributed by atoms with Crippen LogP contribution in [0.5, 0.6) is 0 Å². The molecule has 1 fully saturated rings. The Morgan fingerprint density at radius 1 is 1.38 bits per heavy atom. The Hall–Kier alpha value is -0.210. The van der Waals surface area contributed by atoms with E-state index in [1.807, 2.05) is 12.1 Å². The highest BCUT2D eigenvalue weighted by Crippen LogP contribution is 2.33. The van der Waals surface area contributed by atoms with E-state index in [0.717, 1.165) is 21.1 Å². The van der Waals surface area contributed by atoms with Gasteiger partial charge in [0.05, 0.1) is 15.2 Å². The van der Waals surface area contributed by atoms with E-state index in [9.17, 15) is 0 Å². The number of benzene rings is 1. The molecular weight excluding hydrogens is 286 g/mol. The molecule has 1 atom stereocenters. The van der Waals surface area contributed by atoms with Crippen molar-refractivity contribution >= 4 is 33.2 Å². The fraction of sp³-hybridized carbons (Fsp3) is 0.538. The second kappa shape index (κ2) is 5.42. The fourth-order valence-electron chi connectivity index (χ4n) is 2.44. The minimum Gasteiger partial charge on any atom is -0.381 e. The molecular formula is C13H17BrClN. The average molecular weight is 303 g/mol. The number of halogens is 2. The zero-order valence-corrected chi connectivity index (χ0v) is 11.8. The molecule has 1 nitrogen and oxygen atoms in total. The van der Waals surface area contributed by atoms with Crippen LogP contribution in [0.25, 0.3) is 0 Å². The molecule has 1 aliphatic rings. The van der Waals surface area contributed by atoms with Crippen molar-refractivity contribution in [1.29, 1.82) is 0 Å². The van der Waals surface area contributed by atoms with Gasteiger partial charge in [0.2, 0.25) is 0 Å². The molecule has 0 radical (unpaired) electrons. The van der Waals surface area contributed by atoms with Gasteiger partial charge in [-0.25, -0.2) is 0 Å². The second-order valence-corrected chi connectivity index (χ2v) is 5.78. The lowest BCUT2D eigenvalue weighted by atomic mass is 9.99. The van der Waals surface area contributed by atoms with Crippen LogP contribution in [0.2, 0.25) is 5.02 Å². The Morgan fingerprint density at radius 3 is 2.75 bits per heavy atom. The number of rotatable bonds is 3. The Balaban J connectivity index is 2.05. The normalized spacial score (nSPS) is 18.7. The average Bonchev–Trinajstić information content (AvgIpc) is 2.78. The summed E-state index contributed by atoms with van der Waals surface area (Å²) in [6, 6.07) is 6.48. The van der Waals surface area contributed by atoms with Gasteiger partial charge in [-0.15, -0.1) is 0 Å². The van der Waals surface area contributed by atoms with Crippen molar-refractivity contribution in [2.75, 3.05) is 5.32 Å². The Bertz CT molecular complexity index is 361. The topological polar surface area (TPSA) is 12.0 Å². The van der Waals surface area contributed by atoms with Gasteiger partial charge < -0.3 is 5.32 Å². The zero-order chi connectivity index (χ0) is 11.5. The van der Waals surface area contributed by atoms with Crippen molar-refractivity contribution in [3.63, 3.8) is 0 Å². The lowest BCUT2D eigenvalue weighted by molar-refractivity contribution is 0.482. The van der Waals surface area contributed by atoms with Crippen LogP contribution in [0.3, 0.4) is 0 Å². The summed E-state index contributed by atoms with van der Waals surface area (Å²) in [6.45, 7) is 2.27. The minimum atomic E-state index is 0.525. The van der Waals surface area contributed by atoms with Gasteiger partial charge in [-0.05, 0) is 53.7 Å². The fourth-order valence-corrected chi connectivity index (χ4v) is 2.99. The first kappa shape index (κ1) is 12.3. The van der Waals surface area contributed by atoms with Gasteiger partial charge in [0.15, 0.2) is 0 Å². The third-order valence-electron chi connectivity index (χ3n) is 3.44. The number of anilines is 1.